The van der Waals surface area contributed by atoms with Crippen LogP contribution in [0.2, 0.25) is 0 Å². The number of rotatable bonds is 51. The fraction of sp³-hybridized carbons (Fsp3) is 0.672. The number of nitrogens with zero attached hydrogens (tertiary/aromatic N) is 3. The second kappa shape index (κ2) is 46.0. The smallest absolute Gasteiger partial charge is 0.312 e. The van der Waals surface area contributed by atoms with E-state index in [1.165, 1.54) is 18.7 Å². The average molecular weight is 1400 g/mol. The second-order valence-electron chi connectivity index (χ2n) is 25.2. The van der Waals surface area contributed by atoms with E-state index in [0.29, 0.717) is 62.3 Å². The molecule has 97 heavy (non-hydrogen) atoms. The topological polar surface area (TPSA) is 383 Å². The Bertz CT molecular complexity index is 2880. The molecule has 30 heteroatoms. The van der Waals surface area contributed by atoms with Crippen LogP contribution in [0.15, 0.2) is 29.6 Å². The van der Waals surface area contributed by atoms with Gasteiger partial charge >= 0.3 is 11.9 Å². The predicted molar refractivity (Wildman–Crippen MR) is 366 cm³/mol. The lowest BCUT2D eigenvalue weighted by Crippen LogP contribution is -2.52. The molecule has 0 saturated carbocycles. The molecule has 8 N–H and O–H groups in total. The van der Waals surface area contributed by atoms with Crippen LogP contribution in [0.3, 0.4) is 0 Å². The zero-order chi connectivity index (χ0) is 72.8. The van der Waals surface area contributed by atoms with Crippen molar-refractivity contribution in [3.05, 3.63) is 51.5 Å². The zero-order valence-electron chi connectivity index (χ0n) is 58.8. The number of aromatic nitrogens is 1. The van der Waals surface area contributed by atoms with E-state index in [2.05, 4.69) is 42.2 Å². The number of ketones is 2. The SMILES string of the molecule is CCC(C)[C@H](CC(=O)C(C)(C)N(C)CC(=O)CC(C)C(=O)NC(CCCCNC(=O)CSC)C(=O)NCCCNC(=O)COCCNC(=O)COCCNC(=O)CC(=O)O)C(=O)N(C)[C@H](C[C@@H](OC(C)=O)c1nc(C(=O)N[C@@H](Cc2ccc(C)cc2)CC(C)OC=O)cs1)C(C)C. The van der Waals surface area contributed by atoms with Gasteiger partial charge < -0.3 is 66.2 Å². The van der Waals surface area contributed by atoms with Crippen LogP contribution in [0, 0.1) is 30.6 Å². The van der Waals surface area contributed by atoms with Gasteiger partial charge in [-0.15, -0.1) is 11.3 Å². The number of aryl methyl sites for hydroxylation is 1. The third-order valence-electron chi connectivity index (χ3n) is 16.4. The molecule has 0 fully saturated rings. The lowest BCUT2D eigenvalue weighted by molar-refractivity contribution is -0.150. The van der Waals surface area contributed by atoms with Crippen LogP contribution in [0.1, 0.15) is 159 Å². The third kappa shape index (κ3) is 34.1. The molecule has 1 heterocycles. The van der Waals surface area contributed by atoms with Gasteiger partial charge in [-0.2, -0.15) is 11.8 Å². The molecular formula is C67H106N10O18S2. The maximum absolute atomic E-state index is 14.8. The number of nitrogens with one attached hydrogen (secondary N) is 7. The Balaban J connectivity index is 2.08. The van der Waals surface area contributed by atoms with Gasteiger partial charge in [0.05, 0.1) is 31.1 Å². The van der Waals surface area contributed by atoms with Crippen molar-refractivity contribution in [2.24, 2.45) is 23.7 Å². The molecule has 8 atom stereocenters. The van der Waals surface area contributed by atoms with Gasteiger partial charge in [0.15, 0.2) is 11.9 Å². The van der Waals surface area contributed by atoms with E-state index >= 15 is 0 Å². The molecule has 0 bridgehead atoms. The molecule has 2 aromatic rings. The summed E-state index contributed by atoms with van der Waals surface area (Å²) < 4.78 is 21.5. The molecule has 0 aliphatic rings. The van der Waals surface area contributed by atoms with Gasteiger partial charge in [-0.1, -0.05) is 70.9 Å². The molecule has 0 spiro atoms. The maximum atomic E-state index is 14.8. The summed E-state index contributed by atoms with van der Waals surface area (Å²) in [6.07, 6.45) is 2.30. The van der Waals surface area contributed by atoms with Crippen LogP contribution >= 0.6 is 23.1 Å². The highest BCUT2D eigenvalue weighted by atomic mass is 32.2. The van der Waals surface area contributed by atoms with Crippen LogP contribution < -0.4 is 37.2 Å². The number of amides is 8. The van der Waals surface area contributed by atoms with Crippen molar-refractivity contribution in [3.8, 4) is 0 Å². The molecule has 8 amide bonds. The first-order valence-electron chi connectivity index (χ1n) is 33.0. The van der Waals surface area contributed by atoms with E-state index in [4.69, 9.17) is 24.1 Å². The summed E-state index contributed by atoms with van der Waals surface area (Å²) >= 11 is 2.52. The zero-order valence-corrected chi connectivity index (χ0v) is 60.4. The number of thioether (sulfide) groups is 1. The number of hydrogen-bond acceptors (Lipinski definition) is 21. The van der Waals surface area contributed by atoms with Crippen molar-refractivity contribution < 1.29 is 86.4 Å². The van der Waals surface area contributed by atoms with E-state index in [1.807, 2.05) is 65.1 Å². The maximum Gasteiger partial charge on any atom is 0.312 e. The number of carboxylic acids is 1. The van der Waals surface area contributed by atoms with E-state index in [1.54, 1.807) is 57.0 Å². The Labute approximate surface area is 578 Å². The molecule has 4 unspecified atom stereocenters. The van der Waals surface area contributed by atoms with Crippen molar-refractivity contribution in [1.29, 1.82) is 0 Å². The minimum Gasteiger partial charge on any atom is -0.481 e. The van der Waals surface area contributed by atoms with Crippen molar-refractivity contribution in [2.75, 3.05) is 91.8 Å². The molecule has 0 radical (unpaired) electrons. The van der Waals surface area contributed by atoms with Gasteiger partial charge in [-0.05, 0) is 90.5 Å². The third-order valence-corrected chi connectivity index (χ3v) is 17.9. The van der Waals surface area contributed by atoms with Gasteiger partial charge in [0.25, 0.3) is 12.4 Å². The number of esters is 1. The normalized spacial score (nSPS) is 13.8. The lowest BCUT2D eigenvalue weighted by atomic mass is 9.81. The highest BCUT2D eigenvalue weighted by Gasteiger charge is 2.41. The van der Waals surface area contributed by atoms with Crippen molar-refractivity contribution in [1.82, 2.24) is 52.0 Å². The molecule has 1 aromatic carbocycles. The van der Waals surface area contributed by atoms with E-state index in [-0.39, 0.29) is 126 Å². The molecule has 0 aliphatic heterocycles. The van der Waals surface area contributed by atoms with Crippen molar-refractivity contribution >= 4 is 100 Å². The van der Waals surface area contributed by atoms with E-state index < -0.39 is 102 Å². The number of unbranched alkanes of at least 4 members (excludes halogenated alkanes) is 1. The van der Waals surface area contributed by atoms with Crippen LogP contribution in [0.5, 0.6) is 0 Å². The average Bonchev–Trinajstić information content (AvgIpc) is 1.81. The fourth-order valence-electron chi connectivity index (χ4n) is 10.2. The highest BCUT2D eigenvalue weighted by molar-refractivity contribution is 7.99. The summed E-state index contributed by atoms with van der Waals surface area (Å²) in [5, 5.41) is 29.5. The summed E-state index contributed by atoms with van der Waals surface area (Å²) in [7, 11) is 3.28. The van der Waals surface area contributed by atoms with Crippen LogP contribution in [-0.4, -0.2) is 219 Å². The summed E-state index contributed by atoms with van der Waals surface area (Å²) in [6.45, 7) is 17.9. The standard InChI is InChI=1S/C67H106N10O18S2/c1-14-44(5)51(66(91)77(12)54(42(2)3)34-55(95-47(8)79)65-75-53(39-97-65)64(90)73-49(31-46(7)94-41-78)32-48-21-19-43(4)20-22-48)33-56(81)67(9,10)76(11)36-50(80)30-45(6)62(88)74-52(18-15-16-23-69-60(85)40-96-13)63(89)72-25-17-24-68-58(83)37-93-29-27-71-59(84)38-92-28-26-70-57(82)35-61(86)87/h19-22,39,41-42,44-46,49,51-52,54-55H,14-18,23-38,40H2,1-13H3,(H,68,83)(H,69,85)(H,70,82)(H,71,84)(H,72,89)(H,73,90)(H,74,88)(H,86,87)/t44?,45?,46?,49-,51+,52?,54-,55-/m1/s1. The number of carbonyl (C=O) groups excluding carboxylic acids is 12. The number of aliphatic carboxylic acids is 1. The minimum atomic E-state index is -1.27. The molecule has 0 aliphatic carbocycles. The molecule has 28 nitrogen and oxygen atoms in total. The lowest BCUT2D eigenvalue weighted by Gasteiger charge is -2.38. The molecular weight excluding hydrogens is 1300 g/mol. The number of thiazole rings is 1. The number of hydrogen-bond donors (Lipinski definition) is 8. The minimum absolute atomic E-state index is 0.0110. The van der Waals surface area contributed by atoms with E-state index in [9.17, 15) is 62.3 Å². The van der Waals surface area contributed by atoms with Crippen LogP contribution in [-0.2, 0) is 82.9 Å². The number of benzene rings is 1. The Kier molecular flexibility index (Phi) is 40.6. The predicted octanol–water partition coefficient (Wildman–Crippen LogP) is 3.65. The Hall–Kier alpha value is -7.41. The molecule has 1 aromatic heterocycles. The Morgan fingerprint density at radius 2 is 1.35 bits per heavy atom. The Morgan fingerprint density at radius 3 is 1.94 bits per heavy atom. The largest absolute Gasteiger partial charge is 0.481 e. The number of ether oxygens (including phenoxy) is 4. The van der Waals surface area contributed by atoms with Crippen molar-refractivity contribution in [2.45, 2.75) is 176 Å². The fourth-order valence-corrected chi connectivity index (χ4v) is 11.4. The number of carboxylic acid groups (broad SMARTS) is 1. The van der Waals surface area contributed by atoms with Gasteiger partial charge in [-0.3, -0.25) is 67.2 Å². The molecule has 2 rings (SSSR count). The number of likely N-dealkylation sites (N-methyl/N-ethyl adjacent to an activating group) is 1. The number of carbonyl (C=O) groups is 13. The van der Waals surface area contributed by atoms with Gasteiger partial charge in [0.2, 0.25) is 41.4 Å². The first kappa shape index (κ1) is 85.7. The summed E-state index contributed by atoms with van der Waals surface area (Å²) in [5.74, 6) is -7.85. The number of Topliss-reactive ketones (excluding diaryl/α,β-unsaturated/α-hetero) is 2. The van der Waals surface area contributed by atoms with Gasteiger partial charge in [-0.25, -0.2) is 4.98 Å². The molecule has 544 valence electrons. The first-order chi connectivity index (χ1) is 45.8. The van der Waals surface area contributed by atoms with Crippen molar-refractivity contribution in [3.63, 3.8) is 0 Å². The molecule has 0 saturated heterocycles. The summed E-state index contributed by atoms with van der Waals surface area (Å²) in [6, 6.07) is 5.93. The monoisotopic (exact) mass is 1400 g/mol. The summed E-state index contributed by atoms with van der Waals surface area (Å²) in [4.78, 5) is 174. The summed E-state index contributed by atoms with van der Waals surface area (Å²) in [5.41, 5.74) is 0.893. The quantitative estimate of drug-likeness (QED) is 0.0203. The van der Waals surface area contributed by atoms with Crippen LogP contribution in [0.4, 0.5) is 0 Å². The highest BCUT2D eigenvalue weighted by Crippen LogP contribution is 2.33. The van der Waals surface area contributed by atoms with Crippen LogP contribution in [0.25, 0.3) is 0 Å². The van der Waals surface area contributed by atoms with Gasteiger partial charge in [0, 0.05) is 102 Å². The van der Waals surface area contributed by atoms with E-state index in [0.717, 1.165) is 22.5 Å². The Morgan fingerprint density at radius 1 is 0.753 bits per heavy atom. The van der Waals surface area contributed by atoms with Gasteiger partial charge in [0.1, 0.15) is 48.3 Å². The first-order valence-corrected chi connectivity index (χ1v) is 35.2. The second-order valence-corrected chi connectivity index (χ2v) is 26.9.